The summed E-state index contributed by atoms with van der Waals surface area (Å²) in [5, 5.41) is 13.8. The third-order valence-electron chi connectivity index (χ3n) is 2.14. The molecular weight excluding hydrogens is 902 g/mol. The van der Waals surface area contributed by atoms with Crippen LogP contribution in [0.3, 0.4) is 0 Å². The second kappa shape index (κ2) is 286. The fraction of sp³-hybridized carbons (Fsp3) is 0.571. The minimum atomic E-state index is 0. The molecule has 0 spiro atoms. The van der Waals surface area contributed by atoms with Crippen LogP contribution in [0, 0.1) is 48.1 Å². The summed E-state index contributed by atoms with van der Waals surface area (Å²) in [5.74, 6) is 1.69. The van der Waals surface area contributed by atoms with E-state index >= 15 is 0 Å². The van der Waals surface area contributed by atoms with E-state index in [0.29, 0.717) is 0 Å². The third kappa shape index (κ3) is 556. The fourth-order valence-electron chi connectivity index (χ4n) is 0.250. The van der Waals surface area contributed by atoms with Crippen molar-refractivity contribution in [2.45, 2.75) is 77.2 Å². The number of nitrogens with zero attached hydrogens (tertiary/aromatic N) is 1. The molecule has 0 fully saturated rings. The van der Waals surface area contributed by atoms with E-state index in [0.717, 1.165) is 24.5 Å². The average Bonchev–Trinajstić information content (AvgIpc) is 3.00. The van der Waals surface area contributed by atoms with Crippen molar-refractivity contribution in [2.24, 2.45) is 22.2 Å². The Kier molecular flexibility index (Phi) is 915. The standard InChI is InChI=1S/2C4H10N2.2C4H7.C3H7N.C3H6N.C2H6.3CH5N.4CH4.4CH3.4Y/c2*1-4(5-2)6-3;4*1-3-4-2;4*1-2;;;;;;;;;;;;/h2*5-6H,1H2,2-3H3;2*1,4H2,2H3;3H,1-2H3;4H,1H2,2H3;1-2H3;3*2H2,1H3;4*1H4;4*1H3;;;;/q;;2*-1;;-1;;;;;;;;;4*-1;;;;. The summed E-state index contributed by atoms with van der Waals surface area (Å²) < 4.78 is 0. The van der Waals surface area contributed by atoms with Gasteiger partial charge in [-0.1, -0.05) is 70.6 Å². The first-order chi connectivity index (χ1) is 17.3. The number of nitrogens with one attached hydrogen (secondary N) is 5. The van der Waals surface area contributed by atoms with Gasteiger partial charge in [-0.05, 0) is 41.3 Å². The van der Waals surface area contributed by atoms with E-state index in [1.165, 1.54) is 21.1 Å². The minimum Gasteiger partial charge on any atom is -0.570 e. The Morgan fingerprint density at radius 1 is 0.583 bits per heavy atom. The van der Waals surface area contributed by atoms with Crippen LogP contribution < -0.4 is 43.8 Å². The summed E-state index contributed by atoms with van der Waals surface area (Å²) >= 11 is 0. The van der Waals surface area contributed by atoms with Crippen LogP contribution in [0.25, 0.3) is 0 Å². The molecule has 9 nitrogen and oxygen atoms in total. The summed E-state index contributed by atoms with van der Waals surface area (Å²) in [7, 11) is 15.3. The van der Waals surface area contributed by atoms with Crippen LogP contribution in [-0.4, -0.2) is 69.6 Å². The van der Waals surface area contributed by atoms with Crippen molar-refractivity contribution in [1.82, 2.24) is 26.6 Å². The summed E-state index contributed by atoms with van der Waals surface area (Å²) in [6.07, 6.45) is 11.5. The number of hydrogen-bond donors (Lipinski definition) is 8. The Morgan fingerprint density at radius 2 is 0.688 bits per heavy atom. The van der Waals surface area contributed by atoms with Gasteiger partial charge in [-0.3, -0.25) is 19.7 Å². The predicted octanol–water partition coefficient (Wildman–Crippen LogP) is 7.51. The topological polar surface area (TPSA) is 151 Å². The SMILES string of the molecule is C.C.C.C.C=C(NC)NC.C=C(NC)NC.C=[C-]CC.C=[C-]CC.C=[C-]NC.CC.CC=NC.CN.CN.CN.[CH3-].[CH3-].[CH3-].[CH3-].[Y].[Y].[Y].[Y]. The molecule has 0 aromatic rings. The van der Waals surface area contributed by atoms with Gasteiger partial charge in [0.15, 0.2) is 0 Å². The van der Waals surface area contributed by atoms with Gasteiger partial charge in [0.1, 0.15) is 0 Å². The predicted molar refractivity (Wildman–Crippen MR) is 225 cm³/mol. The van der Waals surface area contributed by atoms with Crippen molar-refractivity contribution >= 4 is 6.21 Å². The molecule has 0 unspecified atom stereocenters. The smallest absolute Gasteiger partial charge is 0.0907 e. The van der Waals surface area contributed by atoms with Crippen LogP contribution in [0.2, 0.25) is 0 Å². The molecule has 0 aliphatic carbocycles. The molecule has 0 aliphatic heterocycles. The van der Waals surface area contributed by atoms with E-state index in [2.05, 4.69) is 100 Å². The van der Waals surface area contributed by atoms with Crippen LogP contribution in [0.1, 0.15) is 77.2 Å². The quantitative estimate of drug-likeness (QED) is 0.0743. The van der Waals surface area contributed by atoms with E-state index in [9.17, 15) is 0 Å². The zero-order chi connectivity index (χ0) is 31.6. The normalized spacial score (nSPS) is 4.52. The average molecular weight is 999 g/mol. The van der Waals surface area contributed by atoms with Crippen molar-refractivity contribution in [3.63, 3.8) is 0 Å². The number of rotatable bonds is 7. The first-order valence-electron chi connectivity index (χ1n) is 11.7. The number of aliphatic imine (C=N–C) groups is 1. The maximum Gasteiger partial charge on any atom is 0.0907 e. The number of nitrogens with two attached hydrogens (primary N) is 3. The molecule has 0 aromatic heterocycles. The van der Waals surface area contributed by atoms with Crippen LogP contribution in [-0.2, 0) is 131 Å². The van der Waals surface area contributed by atoms with E-state index in [1.807, 2.05) is 62.8 Å². The first kappa shape index (κ1) is 154. The van der Waals surface area contributed by atoms with Crippen LogP contribution >= 0.6 is 0 Å². The maximum absolute atomic E-state index is 4.50. The van der Waals surface area contributed by atoms with E-state index < -0.39 is 0 Å². The van der Waals surface area contributed by atoms with Gasteiger partial charge in [-0.2, -0.15) is 12.8 Å². The monoisotopic (exact) mass is 998 g/mol. The summed E-state index contributed by atoms with van der Waals surface area (Å²) in [5.41, 5.74) is 13.5. The number of hydrogen-bond acceptors (Lipinski definition) is 9. The second-order valence-electron chi connectivity index (χ2n) is 4.11. The molecule has 0 amide bonds. The van der Waals surface area contributed by atoms with Gasteiger partial charge >= 0.3 is 0 Å². The molecule has 48 heavy (non-hydrogen) atoms. The van der Waals surface area contributed by atoms with E-state index in [1.54, 1.807) is 20.3 Å². The molecule has 0 rings (SSSR count). The van der Waals surface area contributed by atoms with Crippen molar-refractivity contribution in [3.8, 4) is 0 Å². The molecule has 0 saturated heterocycles. The van der Waals surface area contributed by atoms with Gasteiger partial charge in [-0.15, -0.1) is 0 Å². The number of allylic oxidation sites excluding steroid dienone is 2. The van der Waals surface area contributed by atoms with Crippen molar-refractivity contribution < 1.29 is 131 Å². The summed E-state index contributed by atoms with van der Waals surface area (Å²) in [6, 6.07) is 0. The summed E-state index contributed by atoms with van der Waals surface area (Å²) in [6.45, 7) is 27.0. The second-order valence-corrected chi connectivity index (χ2v) is 4.11. The van der Waals surface area contributed by atoms with E-state index in [-0.39, 0.29) is 190 Å². The molecule has 0 aromatic carbocycles. The maximum atomic E-state index is 4.50. The Labute approximate surface area is 413 Å². The Bertz CT molecular complexity index is 316. The Balaban J connectivity index is -0.00000000777. The Hall–Kier alpha value is 1.67. The molecule has 0 bridgehead atoms. The third-order valence-corrected chi connectivity index (χ3v) is 2.14. The van der Waals surface area contributed by atoms with Crippen molar-refractivity contribution in [1.29, 1.82) is 0 Å². The van der Waals surface area contributed by atoms with Gasteiger partial charge < -0.3 is 96.8 Å². The molecule has 0 saturated carbocycles. The molecule has 4 radical (unpaired) electrons. The molecule has 0 atom stereocenters. The molecule has 0 aliphatic rings. The van der Waals surface area contributed by atoms with Crippen LogP contribution in [0.4, 0.5) is 0 Å². The van der Waals surface area contributed by atoms with Gasteiger partial charge in [0.2, 0.25) is 0 Å². The van der Waals surface area contributed by atoms with Gasteiger partial charge in [0, 0.05) is 166 Å². The summed E-state index contributed by atoms with van der Waals surface area (Å²) in [4.78, 5) is 3.61. The van der Waals surface area contributed by atoms with Crippen molar-refractivity contribution in [3.05, 3.63) is 92.6 Å². The minimum absolute atomic E-state index is 0. The van der Waals surface area contributed by atoms with Gasteiger partial charge in [0.25, 0.3) is 0 Å². The molecular formula is C35H96N9Y4-7. The Morgan fingerprint density at radius 3 is 0.688 bits per heavy atom. The fourth-order valence-corrected chi connectivity index (χ4v) is 0.250. The van der Waals surface area contributed by atoms with Gasteiger partial charge in [-0.25, -0.2) is 0 Å². The van der Waals surface area contributed by atoms with Crippen LogP contribution in [0.15, 0.2) is 49.5 Å². The zero-order valence-electron chi connectivity index (χ0n) is 33.0. The van der Waals surface area contributed by atoms with Gasteiger partial charge in [0.05, 0.1) is 11.6 Å². The molecule has 0 heterocycles. The van der Waals surface area contributed by atoms with Crippen LogP contribution in [0.5, 0.6) is 0 Å². The molecule has 13 heteroatoms. The molecule has 300 valence electrons. The molecule has 11 N–H and O–H groups in total. The zero-order valence-corrected chi connectivity index (χ0v) is 44.4. The largest absolute Gasteiger partial charge is 0.570 e. The van der Waals surface area contributed by atoms with E-state index in [4.69, 9.17) is 0 Å². The first-order valence-corrected chi connectivity index (χ1v) is 11.7. The van der Waals surface area contributed by atoms with Crippen molar-refractivity contribution in [2.75, 3.05) is 63.4 Å².